The van der Waals surface area contributed by atoms with Crippen molar-refractivity contribution in [2.24, 2.45) is 7.05 Å². The predicted molar refractivity (Wildman–Crippen MR) is 74.7 cm³/mol. The maximum Gasteiger partial charge on any atom is 0.207 e. The molecule has 0 saturated carbocycles. The van der Waals surface area contributed by atoms with Crippen molar-refractivity contribution in [3.8, 4) is 0 Å². The fourth-order valence-corrected chi connectivity index (χ4v) is 2.04. The van der Waals surface area contributed by atoms with Crippen LogP contribution in [0, 0.1) is 13.8 Å². The standard InChI is InChI=1S/C13H21N5O/c1-10-8-18(6-5-7-19-4)13(14-10)15-12-9-17(3)16-11(12)2/h8-9H,5-7H2,1-4H3,(H,14,15). The van der Waals surface area contributed by atoms with E-state index in [-0.39, 0.29) is 0 Å². The van der Waals surface area contributed by atoms with Crippen molar-refractivity contribution in [2.75, 3.05) is 19.0 Å². The second kappa shape index (κ2) is 5.88. The molecule has 0 atom stereocenters. The van der Waals surface area contributed by atoms with Crippen molar-refractivity contribution < 1.29 is 4.74 Å². The van der Waals surface area contributed by atoms with Gasteiger partial charge in [0.2, 0.25) is 5.95 Å². The van der Waals surface area contributed by atoms with Gasteiger partial charge in [-0.1, -0.05) is 0 Å². The van der Waals surface area contributed by atoms with E-state index in [2.05, 4.69) is 20.0 Å². The zero-order chi connectivity index (χ0) is 13.8. The molecule has 104 valence electrons. The Bertz CT molecular complexity index is 543. The number of nitrogens with one attached hydrogen (secondary N) is 1. The highest BCUT2D eigenvalue weighted by atomic mass is 16.5. The number of aromatic nitrogens is 4. The van der Waals surface area contributed by atoms with Gasteiger partial charge < -0.3 is 14.6 Å². The molecule has 6 heteroatoms. The minimum Gasteiger partial charge on any atom is -0.385 e. The molecule has 0 unspecified atom stereocenters. The molecule has 0 fully saturated rings. The molecule has 19 heavy (non-hydrogen) atoms. The first-order valence-electron chi connectivity index (χ1n) is 6.40. The van der Waals surface area contributed by atoms with E-state index in [9.17, 15) is 0 Å². The summed E-state index contributed by atoms with van der Waals surface area (Å²) in [6.07, 6.45) is 4.97. The first-order chi connectivity index (χ1) is 9.10. The lowest BCUT2D eigenvalue weighted by Gasteiger charge is -2.08. The molecule has 2 aromatic heterocycles. The number of ether oxygens (including phenoxy) is 1. The molecular weight excluding hydrogens is 242 g/mol. The summed E-state index contributed by atoms with van der Waals surface area (Å²) in [5.41, 5.74) is 2.95. The minimum atomic E-state index is 0.753. The Morgan fingerprint density at radius 2 is 2.11 bits per heavy atom. The number of anilines is 2. The highest BCUT2D eigenvalue weighted by Crippen LogP contribution is 2.19. The smallest absolute Gasteiger partial charge is 0.207 e. The topological polar surface area (TPSA) is 56.9 Å². The number of nitrogens with zero attached hydrogens (tertiary/aromatic N) is 4. The molecule has 0 spiro atoms. The second-order valence-electron chi connectivity index (χ2n) is 4.67. The van der Waals surface area contributed by atoms with E-state index in [1.165, 1.54) is 0 Å². The SMILES string of the molecule is COCCCn1cc(C)nc1Nc1cn(C)nc1C. The molecule has 0 aliphatic carbocycles. The zero-order valence-electron chi connectivity index (χ0n) is 12.0. The first-order valence-corrected chi connectivity index (χ1v) is 6.40. The van der Waals surface area contributed by atoms with Crippen LogP contribution in [0.5, 0.6) is 0 Å². The van der Waals surface area contributed by atoms with Gasteiger partial charge in [-0.15, -0.1) is 0 Å². The van der Waals surface area contributed by atoms with Crippen LogP contribution in [0.15, 0.2) is 12.4 Å². The number of rotatable bonds is 6. The fourth-order valence-electron chi connectivity index (χ4n) is 2.04. The third-order valence-corrected chi connectivity index (χ3v) is 2.90. The van der Waals surface area contributed by atoms with Crippen LogP contribution in [0.25, 0.3) is 0 Å². The molecular formula is C13H21N5O. The molecule has 0 aliphatic rings. The summed E-state index contributed by atoms with van der Waals surface area (Å²) in [6, 6.07) is 0. The Kier molecular flexibility index (Phi) is 4.21. The number of imidazole rings is 1. The summed E-state index contributed by atoms with van der Waals surface area (Å²) in [5.74, 6) is 0.852. The number of methoxy groups -OCH3 is 1. The van der Waals surface area contributed by atoms with Gasteiger partial charge in [0.15, 0.2) is 0 Å². The average molecular weight is 263 g/mol. The van der Waals surface area contributed by atoms with E-state index < -0.39 is 0 Å². The maximum atomic E-state index is 5.08. The van der Waals surface area contributed by atoms with Crippen molar-refractivity contribution in [1.82, 2.24) is 19.3 Å². The molecule has 0 aliphatic heterocycles. The highest BCUT2D eigenvalue weighted by Gasteiger charge is 2.09. The lowest BCUT2D eigenvalue weighted by Crippen LogP contribution is -2.05. The van der Waals surface area contributed by atoms with Crippen molar-refractivity contribution in [3.63, 3.8) is 0 Å². The van der Waals surface area contributed by atoms with Crippen LogP contribution in [0.2, 0.25) is 0 Å². The number of hydrogen-bond donors (Lipinski definition) is 1. The van der Waals surface area contributed by atoms with Crippen LogP contribution >= 0.6 is 0 Å². The minimum absolute atomic E-state index is 0.753. The van der Waals surface area contributed by atoms with Crippen molar-refractivity contribution >= 4 is 11.6 Å². The van der Waals surface area contributed by atoms with E-state index in [0.717, 1.165) is 42.6 Å². The molecule has 0 aromatic carbocycles. The lowest BCUT2D eigenvalue weighted by atomic mass is 10.4. The fraction of sp³-hybridized carbons (Fsp3) is 0.538. The summed E-state index contributed by atoms with van der Waals surface area (Å²) in [6.45, 7) is 5.61. The van der Waals surface area contributed by atoms with E-state index in [4.69, 9.17) is 4.74 Å². The molecule has 0 amide bonds. The van der Waals surface area contributed by atoms with Crippen LogP contribution in [-0.4, -0.2) is 33.0 Å². The Balaban J connectivity index is 2.13. The van der Waals surface area contributed by atoms with Gasteiger partial charge in [-0.25, -0.2) is 4.98 Å². The summed E-state index contributed by atoms with van der Waals surface area (Å²) in [4.78, 5) is 4.51. The Hall–Kier alpha value is -1.82. The van der Waals surface area contributed by atoms with Gasteiger partial charge in [-0.2, -0.15) is 5.10 Å². The quantitative estimate of drug-likeness (QED) is 0.810. The van der Waals surface area contributed by atoms with Crippen LogP contribution in [0.4, 0.5) is 11.6 Å². The largest absolute Gasteiger partial charge is 0.385 e. The summed E-state index contributed by atoms with van der Waals surface area (Å²) in [5, 5.41) is 7.65. The van der Waals surface area contributed by atoms with Gasteiger partial charge in [0.25, 0.3) is 0 Å². The monoisotopic (exact) mass is 263 g/mol. The normalized spacial score (nSPS) is 10.9. The second-order valence-corrected chi connectivity index (χ2v) is 4.67. The highest BCUT2D eigenvalue weighted by molar-refractivity contribution is 5.55. The Morgan fingerprint density at radius 1 is 1.32 bits per heavy atom. The first kappa shape index (κ1) is 13.6. The molecule has 0 bridgehead atoms. The molecule has 1 N–H and O–H groups in total. The molecule has 0 saturated heterocycles. The van der Waals surface area contributed by atoms with Gasteiger partial charge in [-0.3, -0.25) is 4.68 Å². The Labute approximate surface area is 113 Å². The molecule has 6 nitrogen and oxygen atoms in total. The molecule has 2 aromatic rings. The maximum absolute atomic E-state index is 5.08. The van der Waals surface area contributed by atoms with Crippen LogP contribution < -0.4 is 5.32 Å². The Morgan fingerprint density at radius 3 is 2.74 bits per heavy atom. The van der Waals surface area contributed by atoms with E-state index >= 15 is 0 Å². The molecule has 2 heterocycles. The van der Waals surface area contributed by atoms with Gasteiger partial charge in [0.05, 0.1) is 17.1 Å². The van der Waals surface area contributed by atoms with Crippen LogP contribution in [0.3, 0.4) is 0 Å². The summed E-state index contributed by atoms with van der Waals surface area (Å²) in [7, 11) is 3.63. The van der Waals surface area contributed by atoms with Gasteiger partial charge in [0, 0.05) is 39.7 Å². The van der Waals surface area contributed by atoms with E-state index in [1.54, 1.807) is 11.8 Å². The van der Waals surface area contributed by atoms with Crippen LogP contribution in [-0.2, 0) is 18.3 Å². The van der Waals surface area contributed by atoms with E-state index in [0.29, 0.717) is 0 Å². The van der Waals surface area contributed by atoms with Crippen molar-refractivity contribution in [2.45, 2.75) is 26.8 Å². The van der Waals surface area contributed by atoms with E-state index in [1.807, 2.05) is 33.3 Å². The predicted octanol–water partition coefficient (Wildman–Crippen LogP) is 2.01. The van der Waals surface area contributed by atoms with Gasteiger partial charge in [-0.05, 0) is 20.3 Å². The number of aryl methyl sites for hydroxylation is 4. The third-order valence-electron chi connectivity index (χ3n) is 2.90. The summed E-state index contributed by atoms with van der Waals surface area (Å²) < 4.78 is 8.99. The van der Waals surface area contributed by atoms with Crippen molar-refractivity contribution in [1.29, 1.82) is 0 Å². The average Bonchev–Trinajstić information content (AvgIpc) is 2.83. The molecule has 0 radical (unpaired) electrons. The molecule has 2 rings (SSSR count). The summed E-state index contributed by atoms with van der Waals surface area (Å²) >= 11 is 0. The van der Waals surface area contributed by atoms with Crippen molar-refractivity contribution in [3.05, 3.63) is 23.8 Å². The van der Waals surface area contributed by atoms with Gasteiger partial charge in [0.1, 0.15) is 0 Å². The van der Waals surface area contributed by atoms with Crippen LogP contribution in [0.1, 0.15) is 17.8 Å². The van der Waals surface area contributed by atoms with Gasteiger partial charge >= 0.3 is 0 Å². The third kappa shape index (κ3) is 3.35. The number of hydrogen-bond acceptors (Lipinski definition) is 4. The lowest BCUT2D eigenvalue weighted by molar-refractivity contribution is 0.190. The zero-order valence-corrected chi connectivity index (χ0v) is 12.0.